The van der Waals surface area contributed by atoms with Gasteiger partial charge in [0.05, 0.1) is 6.20 Å². The Morgan fingerprint density at radius 3 is 2.46 bits per heavy atom. The number of carbonyl (C=O) groups is 2. The fourth-order valence-electron chi connectivity index (χ4n) is 3.10. The van der Waals surface area contributed by atoms with Crippen molar-refractivity contribution in [2.24, 2.45) is 0 Å². The lowest BCUT2D eigenvalue weighted by atomic mass is 10.2. The topological polar surface area (TPSA) is 58.4 Å². The average molecular weight is 375 g/mol. The van der Waals surface area contributed by atoms with Crippen LogP contribution in [0.5, 0.6) is 0 Å². The molecule has 0 radical (unpaired) electrons. The largest absolute Gasteiger partial charge is 0.341 e. The van der Waals surface area contributed by atoms with E-state index >= 15 is 0 Å². The summed E-state index contributed by atoms with van der Waals surface area (Å²) in [6.07, 6.45) is 4.93. The lowest BCUT2D eigenvalue weighted by molar-refractivity contribution is -0.131. The van der Waals surface area contributed by atoms with Crippen LogP contribution in [0.1, 0.15) is 28.8 Å². The van der Waals surface area contributed by atoms with Crippen molar-refractivity contribution >= 4 is 23.4 Å². The number of rotatable bonds is 4. The predicted octanol–water partition coefficient (Wildman–Crippen LogP) is 2.61. The molecule has 2 heterocycles. The minimum atomic E-state index is -0.0111. The van der Waals surface area contributed by atoms with E-state index in [1.165, 1.54) is 0 Å². The Balaban J connectivity index is 1.53. The summed E-state index contributed by atoms with van der Waals surface area (Å²) >= 11 is 5.88. The number of halogens is 1. The molecule has 138 valence electrons. The van der Waals surface area contributed by atoms with Gasteiger partial charge in [0.2, 0.25) is 5.91 Å². The molecule has 1 aliphatic rings. The molecule has 1 fully saturated rings. The molecular weight excluding hydrogens is 352 g/mol. The number of hydrogen-bond acceptors (Lipinski definition) is 3. The minimum Gasteiger partial charge on any atom is -0.341 e. The highest BCUT2D eigenvalue weighted by Gasteiger charge is 2.22. The van der Waals surface area contributed by atoms with Gasteiger partial charge in [0.15, 0.2) is 0 Å². The maximum atomic E-state index is 12.6. The van der Waals surface area contributed by atoms with Crippen molar-refractivity contribution in [3.05, 3.63) is 52.8 Å². The molecule has 2 aromatic rings. The molecule has 7 heteroatoms. The van der Waals surface area contributed by atoms with E-state index in [4.69, 9.17) is 11.6 Å². The van der Waals surface area contributed by atoms with E-state index < -0.39 is 0 Å². The summed E-state index contributed by atoms with van der Waals surface area (Å²) in [5.74, 6) is 0.0990. The fourth-order valence-corrected chi connectivity index (χ4v) is 3.23. The van der Waals surface area contributed by atoms with Crippen LogP contribution in [0.2, 0.25) is 5.02 Å². The van der Waals surface area contributed by atoms with Gasteiger partial charge in [-0.2, -0.15) is 5.10 Å². The summed E-state index contributed by atoms with van der Waals surface area (Å²) in [7, 11) is 0. The van der Waals surface area contributed by atoms with E-state index in [1.54, 1.807) is 35.1 Å². The van der Waals surface area contributed by atoms with Crippen molar-refractivity contribution in [3.8, 4) is 0 Å². The molecule has 0 atom stereocenters. The van der Waals surface area contributed by atoms with Crippen LogP contribution in [0.15, 0.2) is 36.7 Å². The van der Waals surface area contributed by atoms with Crippen molar-refractivity contribution < 1.29 is 9.59 Å². The van der Waals surface area contributed by atoms with Crippen molar-refractivity contribution in [2.45, 2.75) is 26.3 Å². The summed E-state index contributed by atoms with van der Waals surface area (Å²) in [6.45, 7) is 5.01. The summed E-state index contributed by atoms with van der Waals surface area (Å²) in [4.78, 5) is 28.8. The average Bonchev–Trinajstić information content (AvgIpc) is 2.91. The van der Waals surface area contributed by atoms with Crippen LogP contribution >= 0.6 is 11.6 Å². The van der Waals surface area contributed by atoms with Crippen LogP contribution in [0.25, 0.3) is 0 Å². The van der Waals surface area contributed by atoms with Crippen LogP contribution in [0, 0.1) is 6.92 Å². The van der Waals surface area contributed by atoms with Gasteiger partial charge in [0.25, 0.3) is 5.91 Å². The van der Waals surface area contributed by atoms with E-state index in [1.807, 2.05) is 22.9 Å². The fraction of sp³-hybridized carbons (Fsp3) is 0.421. The van der Waals surface area contributed by atoms with Crippen molar-refractivity contribution in [3.63, 3.8) is 0 Å². The third-order valence-corrected chi connectivity index (χ3v) is 4.80. The highest BCUT2D eigenvalue weighted by Crippen LogP contribution is 2.14. The Bertz CT molecular complexity index is 772. The van der Waals surface area contributed by atoms with Gasteiger partial charge >= 0.3 is 0 Å². The number of amides is 2. The molecule has 1 aliphatic heterocycles. The van der Waals surface area contributed by atoms with Crippen molar-refractivity contribution in [1.82, 2.24) is 19.6 Å². The summed E-state index contributed by atoms with van der Waals surface area (Å²) in [6, 6.07) is 6.92. The second-order valence-electron chi connectivity index (χ2n) is 6.56. The Labute approximate surface area is 158 Å². The molecule has 1 saturated heterocycles. The third kappa shape index (κ3) is 4.64. The first-order valence-corrected chi connectivity index (χ1v) is 9.22. The molecule has 3 rings (SSSR count). The van der Waals surface area contributed by atoms with Crippen molar-refractivity contribution in [2.75, 3.05) is 26.2 Å². The van der Waals surface area contributed by atoms with Gasteiger partial charge in [0, 0.05) is 55.9 Å². The van der Waals surface area contributed by atoms with E-state index in [9.17, 15) is 9.59 Å². The molecule has 0 aliphatic carbocycles. The Morgan fingerprint density at radius 1 is 1.08 bits per heavy atom. The number of hydrogen-bond donors (Lipinski definition) is 0. The first kappa shape index (κ1) is 18.5. The maximum Gasteiger partial charge on any atom is 0.253 e. The van der Waals surface area contributed by atoms with Gasteiger partial charge in [0.1, 0.15) is 0 Å². The molecule has 0 saturated carbocycles. The number of aryl methyl sites for hydroxylation is 2. The molecule has 0 bridgehead atoms. The number of carbonyl (C=O) groups excluding carboxylic acids is 2. The molecule has 0 spiro atoms. The highest BCUT2D eigenvalue weighted by molar-refractivity contribution is 6.30. The molecular formula is C19H23ClN4O2. The van der Waals surface area contributed by atoms with E-state index in [-0.39, 0.29) is 11.8 Å². The summed E-state index contributed by atoms with van der Waals surface area (Å²) in [5, 5.41) is 4.82. The zero-order valence-corrected chi connectivity index (χ0v) is 15.7. The van der Waals surface area contributed by atoms with Gasteiger partial charge in [-0.25, -0.2) is 0 Å². The van der Waals surface area contributed by atoms with Crippen LogP contribution in [0.3, 0.4) is 0 Å². The summed E-state index contributed by atoms with van der Waals surface area (Å²) < 4.78 is 1.79. The standard InChI is InChI=1S/C19H23ClN4O2/c1-15-13-21-24(14-15)10-7-18(25)22-8-2-9-23(12-11-22)19(26)16-3-5-17(20)6-4-16/h3-6,13-14H,2,7-12H2,1H3. The molecule has 1 aromatic carbocycles. The van der Waals surface area contributed by atoms with Gasteiger partial charge in [-0.05, 0) is 43.2 Å². The second kappa shape index (κ2) is 8.36. The Morgan fingerprint density at radius 2 is 1.77 bits per heavy atom. The first-order chi connectivity index (χ1) is 12.5. The Hall–Kier alpha value is -2.34. The van der Waals surface area contributed by atoms with Crippen LogP contribution in [0.4, 0.5) is 0 Å². The monoisotopic (exact) mass is 374 g/mol. The lowest BCUT2D eigenvalue weighted by Crippen LogP contribution is -2.37. The van der Waals surface area contributed by atoms with Crippen LogP contribution in [-0.2, 0) is 11.3 Å². The zero-order valence-electron chi connectivity index (χ0n) is 14.9. The van der Waals surface area contributed by atoms with E-state index in [2.05, 4.69) is 5.10 Å². The van der Waals surface area contributed by atoms with Gasteiger partial charge < -0.3 is 9.80 Å². The molecule has 6 nitrogen and oxygen atoms in total. The minimum absolute atomic E-state index is 0.0111. The van der Waals surface area contributed by atoms with Crippen molar-refractivity contribution in [1.29, 1.82) is 0 Å². The van der Waals surface area contributed by atoms with E-state index in [0.29, 0.717) is 49.7 Å². The van der Waals surface area contributed by atoms with Crippen LogP contribution in [-0.4, -0.2) is 57.6 Å². The smallest absolute Gasteiger partial charge is 0.253 e. The SMILES string of the molecule is Cc1cnn(CCC(=O)N2CCCN(C(=O)c3ccc(Cl)cc3)CC2)c1. The molecule has 2 amide bonds. The van der Waals surface area contributed by atoms with E-state index in [0.717, 1.165) is 12.0 Å². The first-order valence-electron chi connectivity index (χ1n) is 8.84. The van der Waals surface area contributed by atoms with Crippen LogP contribution < -0.4 is 0 Å². The lowest BCUT2D eigenvalue weighted by Gasteiger charge is -2.22. The molecule has 0 unspecified atom stereocenters. The predicted molar refractivity (Wildman–Crippen MR) is 100 cm³/mol. The zero-order chi connectivity index (χ0) is 18.5. The second-order valence-corrected chi connectivity index (χ2v) is 7.00. The molecule has 1 aromatic heterocycles. The Kier molecular flexibility index (Phi) is 5.93. The molecule has 26 heavy (non-hydrogen) atoms. The third-order valence-electron chi connectivity index (χ3n) is 4.54. The highest BCUT2D eigenvalue weighted by atomic mass is 35.5. The van der Waals surface area contributed by atoms with Gasteiger partial charge in [-0.1, -0.05) is 11.6 Å². The van der Waals surface area contributed by atoms with Gasteiger partial charge in [-0.3, -0.25) is 14.3 Å². The number of aromatic nitrogens is 2. The quantitative estimate of drug-likeness (QED) is 0.826. The van der Waals surface area contributed by atoms with Gasteiger partial charge in [-0.15, -0.1) is 0 Å². The number of nitrogens with zero attached hydrogens (tertiary/aromatic N) is 4. The normalized spacial score (nSPS) is 15.0. The number of benzene rings is 1. The maximum absolute atomic E-state index is 12.6. The molecule has 0 N–H and O–H groups in total. The summed E-state index contributed by atoms with van der Waals surface area (Å²) in [5.41, 5.74) is 1.71.